The number of ether oxygens (including phenoxy) is 1. The molecule has 0 atom stereocenters. The number of aromatic amines is 1. The number of H-pyrrole nitrogens is 1. The molecule has 0 aliphatic heterocycles. The molecule has 0 unspecified atom stereocenters. The predicted octanol–water partition coefficient (Wildman–Crippen LogP) is 5.03. The van der Waals surface area contributed by atoms with Crippen LogP contribution in [0.4, 0.5) is 4.39 Å². The summed E-state index contributed by atoms with van der Waals surface area (Å²) in [6, 6.07) is 15.4. The Labute approximate surface area is 200 Å². The lowest BCUT2D eigenvalue weighted by Crippen LogP contribution is -2.24. The maximum atomic E-state index is 13.8. The first-order valence-electron chi connectivity index (χ1n) is 11.1. The van der Waals surface area contributed by atoms with Crippen molar-refractivity contribution in [3.05, 3.63) is 84.2 Å². The second-order valence-electron chi connectivity index (χ2n) is 9.11. The van der Waals surface area contributed by atoms with Gasteiger partial charge in [0.25, 0.3) is 0 Å². The van der Waals surface area contributed by atoms with Crippen LogP contribution in [-0.4, -0.2) is 41.3 Å². The van der Waals surface area contributed by atoms with E-state index in [-0.39, 0.29) is 18.1 Å². The number of halogens is 1. The molecule has 1 N–H and O–H groups in total. The fourth-order valence-electron chi connectivity index (χ4n) is 3.68. The zero-order valence-electron chi connectivity index (χ0n) is 19.5. The monoisotopic (exact) mass is 470 g/mol. The highest BCUT2D eigenvalue weighted by Gasteiger charge is 2.21. The van der Waals surface area contributed by atoms with Crippen LogP contribution < -0.4 is 0 Å². The second kappa shape index (κ2) is 8.75. The molecule has 0 aliphatic carbocycles. The SMILES string of the molecule is CC(C)(C)OC(=O)c1cc(-c2nc(-c3ccc4nc[nH]c4c3)nn2Cc2cccc(F)c2)ccn1. The summed E-state index contributed by atoms with van der Waals surface area (Å²) in [7, 11) is 0. The average molecular weight is 471 g/mol. The molecule has 2 aromatic carbocycles. The van der Waals surface area contributed by atoms with Crippen molar-refractivity contribution in [2.24, 2.45) is 0 Å². The van der Waals surface area contributed by atoms with Gasteiger partial charge in [-0.3, -0.25) is 0 Å². The first kappa shape index (κ1) is 22.4. The van der Waals surface area contributed by atoms with E-state index >= 15 is 0 Å². The third-order valence-corrected chi connectivity index (χ3v) is 5.20. The molecule has 3 aromatic heterocycles. The number of pyridine rings is 1. The third kappa shape index (κ3) is 4.93. The van der Waals surface area contributed by atoms with Gasteiger partial charge in [0.05, 0.1) is 23.9 Å². The lowest BCUT2D eigenvalue weighted by atomic mass is 10.1. The zero-order valence-corrected chi connectivity index (χ0v) is 19.5. The lowest BCUT2D eigenvalue weighted by Gasteiger charge is -2.19. The number of hydrogen-bond donors (Lipinski definition) is 1. The molecule has 3 heterocycles. The van der Waals surface area contributed by atoms with Gasteiger partial charge in [-0.2, -0.15) is 5.10 Å². The van der Waals surface area contributed by atoms with Crippen LogP contribution in [0.2, 0.25) is 0 Å². The van der Waals surface area contributed by atoms with Gasteiger partial charge in [-0.25, -0.2) is 28.8 Å². The number of rotatable bonds is 5. The molecule has 0 saturated heterocycles. The molecule has 0 spiro atoms. The van der Waals surface area contributed by atoms with Gasteiger partial charge in [-0.1, -0.05) is 12.1 Å². The van der Waals surface area contributed by atoms with Gasteiger partial charge in [-0.15, -0.1) is 0 Å². The molecule has 0 amide bonds. The van der Waals surface area contributed by atoms with E-state index in [2.05, 4.69) is 15.0 Å². The van der Waals surface area contributed by atoms with Crippen molar-refractivity contribution in [2.75, 3.05) is 0 Å². The van der Waals surface area contributed by atoms with Crippen LogP contribution in [0.25, 0.3) is 33.8 Å². The fraction of sp³-hybridized carbons (Fsp3) is 0.192. The van der Waals surface area contributed by atoms with Crippen LogP contribution >= 0.6 is 0 Å². The molecule has 176 valence electrons. The minimum absolute atomic E-state index is 0.165. The minimum Gasteiger partial charge on any atom is -0.455 e. The van der Waals surface area contributed by atoms with Gasteiger partial charge in [0.1, 0.15) is 17.1 Å². The van der Waals surface area contributed by atoms with E-state index in [1.807, 2.05) is 24.3 Å². The van der Waals surface area contributed by atoms with Crippen LogP contribution in [0.1, 0.15) is 36.8 Å². The number of aromatic nitrogens is 6. The molecule has 8 nitrogen and oxygen atoms in total. The number of imidazole rings is 1. The molecular formula is C26H23FN6O2. The molecule has 35 heavy (non-hydrogen) atoms. The number of esters is 1. The smallest absolute Gasteiger partial charge is 0.357 e. The summed E-state index contributed by atoms with van der Waals surface area (Å²) in [6.45, 7) is 5.68. The Balaban J connectivity index is 1.58. The van der Waals surface area contributed by atoms with Gasteiger partial charge in [-0.05, 0) is 68.8 Å². The molecule has 5 rings (SSSR count). The van der Waals surface area contributed by atoms with E-state index in [1.165, 1.54) is 18.3 Å². The normalized spacial score (nSPS) is 11.7. The van der Waals surface area contributed by atoms with Crippen molar-refractivity contribution in [3.63, 3.8) is 0 Å². The van der Waals surface area contributed by atoms with E-state index in [0.717, 1.165) is 22.2 Å². The number of fused-ring (bicyclic) bond motifs is 1. The predicted molar refractivity (Wildman–Crippen MR) is 129 cm³/mol. The van der Waals surface area contributed by atoms with Gasteiger partial charge in [0, 0.05) is 17.3 Å². The molecule has 0 aliphatic rings. The molecule has 9 heteroatoms. The number of nitrogens with one attached hydrogen (secondary N) is 1. The quantitative estimate of drug-likeness (QED) is 0.362. The number of nitrogens with zero attached hydrogens (tertiary/aromatic N) is 5. The van der Waals surface area contributed by atoms with Crippen LogP contribution in [0.5, 0.6) is 0 Å². The average Bonchev–Trinajstić information content (AvgIpc) is 3.44. The van der Waals surface area contributed by atoms with Crippen molar-refractivity contribution in [2.45, 2.75) is 32.9 Å². The first-order chi connectivity index (χ1) is 16.7. The lowest BCUT2D eigenvalue weighted by molar-refractivity contribution is 0.00628. The Kier molecular flexibility index (Phi) is 5.60. The maximum absolute atomic E-state index is 13.8. The number of benzene rings is 2. The number of hydrogen-bond acceptors (Lipinski definition) is 6. The van der Waals surface area contributed by atoms with Gasteiger partial charge in [0.15, 0.2) is 11.6 Å². The van der Waals surface area contributed by atoms with Crippen LogP contribution in [0, 0.1) is 5.82 Å². The number of carbonyl (C=O) groups excluding carboxylic acids is 1. The van der Waals surface area contributed by atoms with E-state index in [4.69, 9.17) is 14.8 Å². The molecule has 0 saturated carbocycles. The van der Waals surface area contributed by atoms with Crippen molar-refractivity contribution in [1.29, 1.82) is 0 Å². The van der Waals surface area contributed by atoms with E-state index in [1.54, 1.807) is 50.0 Å². The van der Waals surface area contributed by atoms with E-state index < -0.39 is 11.6 Å². The van der Waals surface area contributed by atoms with Crippen molar-refractivity contribution < 1.29 is 13.9 Å². The highest BCUT2D eigenvalue weighted by molar-refractivity contribution is 5.89. The van der Waals surface area contributed by atoms with E-state index in [0.29, 0.717) is 17.2 Å². The maximum Gasteiger partial charge on any atom is 0.357 e. The Morgan fingerprint density at radius 2 is 1.91 bits per heavy atom. The summed E-state index contributed by atoms with van der Waals surface area (Å²) in [6.07, 6.45) is 3.16. The van der Waals surface area contributed by atoms with Gasteiger partial charge in [0.2, 0.25) is 0 Å². The van der Waals surface area contributed by atoms with E-state index in [9.17, 15) is 9.18 Å². The Morgan fingerprint density at radius 3 is 2.71 bits per heavy atom. The van der Waals surface area contributed by atoms with Crippen molar-refractivity contribution in [3.8, 4) is 22.8 Å². The summed E-state index contributed by atoms with van der Waals surface area (Å²) in [5.74, 6) is 0.149. The summed E-state index contributed by atoms with van der Waals surface area (Å²) in [5, 5.41) is 4.72. The topological polar surface area (TPSA) is 98.6 Å². The van der Waals surface area contributed by atoms with Crippen LogP contribution in [0.15, 0.2) is 67.1 Å². The summed E-state index contributed by atoms with van der Waals surface area (Å²) in [5.41, 5.74) is 3.38. The molecule has 5 aromatic rings. The highest BCUT2D eigenvalue weighted by Crippen LogP contribution is 2.26. The summed E-state index contributed by atoms with van der Waals surface area (Å²) >= 11 is 0. The Bertz CT molecular complexity index is 1530. The van der Waals surface area contributed by atoms with Gasteiger partial charge < -0.3 is 9.72 Å². The molecular weight excluding hydrogens is 447 g/mol. The summed E-state index contributed by atoms with van der Waals surface area (Å²) in [4.78, 5) is 28.9. The largest absolute Gasteiger partial charge is 0.455 e. The second-order valence-corrected chi connectivity index (χ2v) is 9.11. The Morgan fingerprint density at radius 1 is 1.06 bits per heavy atom. The molecule has 0 fully saturated rings. The van der Waals surface area contributed by atoms with Gasteiger partial charge >= 0.3 is 5.97 Å². The number of carbonyl (C=O) groups is 1. The molecule has 0 radical (unpaired) electrons. The standard InChI is InChI=1S/C26H23FN6O2/c1-26(2,3)35-25(34)22-13-18(9-10-28-22)24-31-23(17-7-8-20-21(12-17)30-15-29-20)32-33(24)14-16-5-4-6-19(27)11-16/h4-13,15H,14H2,1-3H3,(H,29,30). The van der Waals surface area contributed by atoms with Crippen molar-refractivity contribution in [1.82, 2.24) is 29.7 Å². The highest BCUT2D eigenvalue weighted by atomic mass is 19.1. The fourth-order valence-corrected chi connectivity index (χ4v) is 3.68. The first-order valence-corrected chi connectivity index (χ1v) is 11.1. The third-order valence-electron chi connectivity index (χ3n) is 5.20. The van der Waals surface area contributed by atoms with Crippen LogP contribution in [0.3, 0.4) is 0 Å². The summed E-state index contributed by atoms with van der Waals surface area (Å²) < 4.78 is 21.0. The molecule has 0 bridgehead atoms. The Hall–Kier alpha value is -4.40. The van der Waals surface area contributed by atoms with Crippen LogP contribution in [-0.2, 0) is 11.3 Å². The minimum atomic E-state index is -0.648. The zero-order chi connectivity index (χ0) is 24.6. The van der Waals surface area contributed by atoms with Crippen molar-refractivity contribution >= 4 is 17.0 Å².